The third-order valence-electron chi connectivity index (χ3n) is 4.00. The number of amides is 1. The molecule has 0 saturated heterocycles. The summed E-state index contributed by atoms with van der Waals surface area (Å²) in [6.45, 7) is 8.58. The molecule has 146 valence electrons. The minimum Gasteiger partial charge on any atom is -0.493 e. The second-order valence-corrected chi connectivity index (χ2v) is 6.94. The molecule has 2 rings (SSSR count). The van der Waals surface area contributed by atoms with Crippen LogP contribution in [0.25, 0.3) is 0 Å². The second kappa shape index (κ2) is 9.86. The molecule has 0 fully saturated rings. The maximum Gasteiger partial charge on any atom is 0.258 e. The average molecular weight is 371 g/mol. The van der Waals surface area contributed by atoms with Crippen molar-refractivity contribution in [3.05, 3.63) is 53.6 Å². The Morgan fingerprint density at radius 2 is 1.70 bits per heavy atom. The number of hydrogen-bond donors (Lipinski definition) is 1. The molecule has 0 aliphatic carbocycles. The largest absolute Gasteiger partial charge is 0.493 e. The van der Waals surface area contributed by atoms with Crippen LogP contribution in [-0.2, 0) is 11.3 Å². The van der Waals surface area contributed by atoms with Crippen LogP contribution in [0.5, 0.6) is 17.2 Å². The van der Waals surface area contributed by atoms with Crippen molar-refractivity contribution in [3.63, 3.8) is 0 Å². The smallest absolute Gasteiger partial charge is 0.258 e. The van der Waals surface area contributed by atoms with Gasteiger partial charge in [-0.15, -0.1) is 0 Å². The lowest BCUT2D eigenvalue weighted by atomic mass is 10.0. The number of rotatable bonds is 9. The monoisotopic (exact) mass is 371 g/mol. The molecule has 0 aliphatic heterocycles. The van der Waals surface area contributed by atoms with E-state index in [1.165, 1.54) is 5.56 Å². The summed E-state index contributed by atoms with van der Waals surface area (Å²) in [6, 6.07) is 13.4. The van der Waals surface area contributed by atoms with E-state index in [2.05, 4.69) is 19.2 Å². The number of hydrogen-bond acceptors (Lipinski definition) is 4. The molecule has 0 saturated carbocycles. The van der Waals surface area contributed by atoms with Crippen molar-refractivity contribution < 1.29 is 19.0 Å². The Kier molecular flexibility index (Phi) is 7.53. The fourth-order valence-electron chi connectivity index (χ4n) is 2.52. The fraction of sp³-hybridized carbons (Fsp3) is 0.409. The highest BCUT2D eigenvalue weighted by Crippen LogP contribution is 2.29. The van der Waals surface area contributed by atoms with Gasteiger partial charge in [0.1, 0.15) is 5.75 Å². The fourth-order valence-corrected chi connectivity index (χ4v) is 2.52. The van der Waals surface area contributed by atoms with Gasteiger partial charge in [0.05, 0.1) is 13.2 Å². The van der Waals surface area contributed by atoms with E-state index in [0.717, 1.165) is 5.56 Å². The van der Waals surface area contributed by atoms with Gasteiger partial charge in [0.15, 0.2) is 18.1 Å². The number of ether oxygens (including phenoxy) is 3. The van der Waals surface area contributed by atoms with E-state index in [0.29, 0.717) is 29.7 Å². The van der Waals surface area contributed by atoms with Crippen molar-refractivity contribution in [2.75, 3.05) is 13.7 Å². The van der Waals surface area contributed by atoms with E-state index >= 15 is 0 Å². The van der Waals surface area contributed by atoms with Gasteiger partial charge in [0, 0.05) is 6.54 Å². The zero-order chi connectivity index (χ0) is 19.8. The molecule has 1 amide bonds. The Morgan fingerprint density at radius 3 is 2.30 bits per heavy atom. The van der Waals surface area contributed by atoms with Gasteiger partial charge in [-0.25, -0.2) is 0 Å². The number of carbonyl (C=O) groups excluding carboxylic acids is 1. The zero-order valence-electron chi connectivity index (χ0n) is 16.7. The molecule has 2 aromatic carbocycles. The van der Waals surface area contributed by atoms with Crippen LogP contribution in [0, 0.1) is 0 Å². The second-order valence-electron chi connectivity index (χ2n) is 6.94. The topological polar surface area (TPSA) is 56.8 Å². The summed E-state index contributed by atoms with van der Waals surface area (Å²) in [4.78, 5) is 12.0. The first-order chi connectivity index (χ1) is 12.9. The molecule has 2 aromatic rings. The summed E-state index contributed by atoms with van der Waals surface area (Å²) >= 11 is 0. The predicted molar refractivity (Wildman–Crippen MR) is 107 cm³/mol. The van der Waals surface area contributed by atoms with Crippen molar-refractivity contribution in [1.82, 2.24) is 5.32 Å². The number of benzene rings is 2. The molecular weight excluding hydrogens is 342 g/mol. The number of methoxy groups -OCH3 is 1. The maximum absolute atomic E-state index is 12.0. The maximum atomic E-state index is 12.0. The summed E-state index contributed by atoms with van der Waals surface area (Å²) < 4.78 is 16.6. The molecule has 5 heteroatoms. The summed E-state index contributed by atoms with van der Waals surface area (Å²) in [6.07, 6.45) is 0.0659. The Hall–Kier alpha value is -2.69. The molecule has 0 spiro atoms. The SMILES string of the molecule is COc1cc(CNC(=O)COc2ccc(C(C)C)cc2)ccc1OC(C)C. The molecular formula is C22H29NO4. The lowest BCUT2D eigenvalue weighted by Crippen LogP contribution is -2.28. The van der Waals surface area contributed by atoms with Crippen LogP contribution >= 0.6 is 0 Å². The van der Waals surface area contributed by atoms with Gasteiger partial charge in [-0.05, 0) is 55.2 Å². The van der Waals surface area contributed by atoms with Crippen molar-refractivity contribution in [2.24, 2.45) is 0 Å². The first-order valence-electron chi connectivity index (χ1n) is 9.22. The van der Waals surface area contributed by atoms with Crippen LogP contribution in [0.1, 0.15) is 44.7 Å². The van der Waals surface area contributed by atoms with Crippen molar-refractivity contribution in [3.8, 4) is 17.2 Å². The summed E-state index contributed by atoms with van der Waals surface area (Å²) in [7, 11) is 1.60. The number of nitrogens with one attached hydrogen (secondary N) is 1. The van der Waals surface area contributed by atoms with Crippen LogP contribution in [0.15, 0.2) is 42.5 Å². The highest BCUT2D eigenvalue weighted by Gasteiger charge is 2.09. The minimum absolute atomic E-state index is 0.0211. The standard InChI is InChI=1S/C22H29NO4/c1-15(2)18-7-9-19(10-8-18)26-14-22(24)23-13-17-6-11-20(27-16(3)4)21(12-17)25-5/h6-12,15-16H,13-14H2,1-5H3,(H,23,24). The van der Waals surface area contributed by atoms with Gasteiger partial charge in [0.2, 0.25) is 0 Å². The van der Waals surface area contributed by atoms with Gasteiger partial charge < -0.3 is 19.5 Å². The molecule has 0 atom stereocenters. The van der Waals surface area contributed by atoms with Gasteiger partial charge in [-0.1, -0.05) is 32.0 Å². The molecule has 27 heavy (non-hydrogen) atoms. The molecule has 0 heterocycles. The first kappa shape index (κ1) is 20.6. The lowest BCUT2D eigenvalue weighted by Gasteiger charge is -2.15. The summed E-state index contributed by atoms with van der Waals surface area (Å²) in [5.74, 6) is 2.32. The van der Waals surface area contributed by atoms with E-state index in [1.54, 1.807) is 7.11 Å². The van der Waals surface area contributed by atoms with Crippen molar-refractivity contribution in [2.45, 2.75) is 46.3 Å². The molecule has 0 radical (unpaired) electrons. The third-order valence-corrected chi connectivity index (χ3v) is 4.00. The molecule has 5 nitrogen and oxygen atoms in total. The number of carbonyl (C=O) groups is 1. The molecule has 0 bridgehead atoms. The normalized spacial score (nSPS) is 10.8. The van der Waals surface area contributed by atoms with Crippen molar-refractivity contribution >= 4 is 5.91 Å². The first-order valence-corrected chi connectivity index (χ1v) is 9.22. The Balaban J connectivity index is 1.84. The molecule has 0 aliphatic rings. The van der Waals surface area contributed by atoms with Crippen LogP contribution < -0.4 is 19.5 Å². The van der Waals surface area contributed by atoms with E-state index in [-0.39, 0.29) is 18.6 Å². The van der Waals surface area contributed by atoms with Gasteiger partial charge in [-0.3, -0.25) is 4.79 Å². The highest BCUT2D eigenvalue weighted by atomic mass is 16.5. The van der Waals surface area contributed by atoms with Crippen LogP contribution in [0.3, 0.4) is 0 Å². The van der Waals surface area contributed by atoms with E-state index in [4.69, 9.17) is 14.2 Å². The quantitative estimate of drug-likeness (QED) is 0.714. The molecule has 1 N–H and O–H groups in total. The predicted octanol–water partition coefficient (Wildman–Crippen LogP) is 4.30. The van der Waals surface area contributed by atoms with Gasteiger partial charge in [0.25, 0.3) is 5.91 Å². The summed E-state index contributed by atoms with van der Waals surface area (Å²) in [5, 5.41) is 2.85. The Bertz CT molecular complexity index is 738. The van der Waals surface area contributed by atoms with Crippen LogP contribution in [0.4, 0.5) is 0 Å². The zero-order valence-corrected chi connectivity index (χ0v) is 16.7. The van der Waals surface area contributed by atoms with E-state index in [1.807, 2.05) is 56.3 Å². The summed E-state index contributed by atoms with van der Waals surface area (Å²) in [5.41, 5.74) is 2.17. The minimum atomic E-state index is -0.176. The lowest BCUT2D eigenvalue weighted by molar-refractivity contribution is -0.123. The Labute approximate surface area is 161 Å². The van der Waals surface area contributed by atoms with E-state index < -0.39 is 0 Å². The van der Waals surface area contributed by atoms with Crippen molar-refractivity contribution in [1.29, 1.82) is 0 Å². The van der Waals surface area contributed by atoms with Crippen LogP contribution in [0.2, 0.25) is 0 Å². The molecule has 0 unspecified atom stereocenters. The van der Waals surface area contributed by atoms with Gasteiger partial charge >= 0.3 is 0 Å². The van der Waals surface area contributed by atoms with E-state index in [9.17, 15) is 4.79 Å². The highest BCUT2D eigenvalue weighted by molar-refractivity contribution is 5.77. The van der Waals surface area contributed by atoms with Gasteiger partial charge in [-0.2, -0.15) is 0 Å². The molecule has 0 aromatic heterocycles. The average Bonchev–Trinajstić information content (AvgIpc) is 2.65. The van der Waals surface area contributed by atoms with Crippen LogP contribution in [-0.4, -0.2) is 25.7 Å². The third kappa shape index (κ3) is 6.51. The Morgan fingerprint density at radius 1 is 1.00 bits per heavy atom.